The topological polar surface area (TPSA) is 113 Å². The summed E-state index contributed by atoms with van der Waals surface area (Å²) >= 11 is 1.06. The first-order valence-electron chi connectivity index (χ1n) is 10.3. The van der Waals surface area contributed by atoms with Gasteiger partial charge < -0.3 is 10.1 Å². The van der Waals surface area contributed by atoms with E-state index in [9.17, 15) is 21.6 Å². The lowest BCUT2D eigenvalue weighted by atomic mass is 10.3. The monoisotopic (exact) mass is 499 g/mol. The highest BCUT2D eigenvalue weighted by Gasteiger charge is 2.29. The minimum absolute atomic E-state index is 0.00754. The van der Waals surface area contributed by atoms with Crippen molar-refractivity contribution in [1.82, 2.24) is 8.61 Å². The minimum atomic E-state index is -3.60. The van der Waals surface area contributed by atoms with Crippen molar-refractivity contribution < 1.29 is 26.4 Å². The van der Waals surface area contributed by atoms with Crippen molar-refractivity contribution in [3.63, 3.8) is 0 Å². The van der Waals surface area contributed by atoms with Crippen LogP contribution in [0.2, 0.25) is 0 Å². The van der Waals surface area contributed by atoms with E-state index in [1.807, 2.05) is 0 Å². The normalized spacial score (nSPS) is 18.6. The maximum Gasteiger partial charge on any atom is 0.252 e. The molecule has 2 saturated heterocycles. The molecule has 174 valence electrons. The molecule has 0 atom stereocenters. The molecule has 4 rings (SSSR count). The van der Waals surface area contributed by atoms with Gasteiger partial charge in [0.2, 0.25) is 15.9 Å². The first-order chi connectivity index (χ1) is 15.3. The molecule has 0 unspecified atom stereocenters. The van der Waals surface area contributed by atoms with Crippen LogP contribution < -0.4 is 5.32 Å². The number of carbonyl (C=O) groups excluding carboxylic acids is 1. The van der Waals surface area contributed by atoms with E-state index in [0.29, 0.717) is 50.0 Å². The Labute approximate surface area is 192 Å². The van der Waals surface area contributed by atoms with Crippen molar-refractivity contribution >= 4 is 43.0 Å². The molecule has 0 spiro atoms. The maximum atomic E-state index is 12.7. The number of hydrogen-bond acceptors (Lipinski definition) is 7. The second-order valence-corrected chi connectivity index (χ2v) is 12.9. The van der Waals surface area contributed by atoms with Crippen molar-refractivity contribution in [1.29, 1.82) is 0 Å². The fraction of sp³-hybridized carbons (Fsp3) is 0.450. The lowest BCUT2D eigenvalue weighted by Gasteiger charge is -2.25. The average molecular weight is 500 g/mol. The van der Waals surface area contributed by atoms with Crippen molar-refractivity contribution in [2.75, 3.05) is 44.7 Å². The van der Waals surface area contributed by atoms with Crippen LogP contribution >= 0.6 is 11.3 Å². The fourth-order valence-corrected chi connectivity index (χ4v) is 8.16. The molecule has 3 heterocycles. The number of sulfonamides is 2. The molecule has 2 aliphatic heterocycles. The second kappa shape index (κ2) is 9.57. The van der Waals surface area contributed by atoms with Crippen LogP contribution in [0.25, 0.3) is 0 Å². The quantitative estimate of drug-likeness (QED) is 0.621. The largest absolute Gasteiger partial charge is 0.379 e. The zero-order valence-corrected chi connectivity index (χ0v) is 19.8. The SMILES string of the molecule is O=C(Cc1ccc(S(=O)(=O)N2CCOCC2)s1)Nc1cccc(S(=O)(=O)N2CCCC2)c1. The summed E-state index contributed by atoms with van der Waals surface area (Å²) < 4.78 is 59.2. The number of anilines is 1. The van der Waals surface area contributed by atoms with Crippen LogP contribution in [0.15, 0.2) is 45.5 Å². The highest BCUT2D eigenvalue weighted by molar-refractivity contribution is 7.91. The lowest BCUT2D eigenvalue weighted by Crippen LogP contribution is -2.40. The standard InChI is InChI=1S/C20H25N3O6S3/c24-19(15-17-6-7-20(30-17)32(27,28)23-10-12-29-13-11-23)21-16-4-3-5-18(14-16)31(25,26)22-8-1-2-9-22/h3-7,14H,1-2,8-13,15H2,(H,21,24). The molecule has 9 nitrogen and oxygen atoms in total. The van der Waals surface area contributed by atoms with Gasteiger partial charge in [-0.05, 0) is 43.2 Å². The number of rotatable bonds is 7. The summed E-state index contributed by atoms with van der Waals surface area (Å²) in [6.45, 7) is 2.37. The van der Waals surface area contributed by atoms with Crippen molar-refractivity contribution in [2.45, 2.75) is 28.4 Å². The number of hydrogen-bond donors (Lipinski definition) is 1. The number of ether oxygens (including phenoxy) is 1. The summed E-state index contributed by atoms with van der Waals surface area (Å²) in [5.41, 5.74) is 0.382. The van der Waals surface area contributed by atoms with Gasteiger partial charge in [0.15, 0.2) is 0 Å². The Kier molecular flexibility index (Phi) is 6.98. The van der Waals surface area contributed by atoms with E-state index in [4.69, 9.17) is 4.74 Å². The zero-order chi connectivity index (χ0) is 22.8. The Bertz CT molecular complexity index is 1180. The third-order valence-electron chi connectivity index (χ3n) is 5.36. The second-order valence-electron chi connectivity index (χ2n) is 7.60. The van der Waals surface area contributed by atoms with E-state index in [-0.39, 0.29) is 21.4 Å². The first kappa shape index (κ1) is 23.3. The summed E-state index contributed by atoms with van der Waals surface area (Å²) in [7, 11) is -7.17. The van der Waals surface area contributed by atoms with E-state index < -0.39 is 20.0 Å². The third kappa shape index (κ3) is 5.05. The number of nitrogens with zero attached hydrogens (tertiary/aromatic N) is 2. The third-order valence-corrected chi connectivity index (χ3v) is 10.7. The van der Waals surface area contributed by atoms with Crippen LogP contribution in [0.3, 0.4) is 0 Å². The van der Waals surface area contributed by atoms with Gasteiger partial charge in [0, 0.05) is 36.7 Å². The van der Waals surface area contributed by atoms with Crippen molar-refractivity contribution in [2.24, 2.45) is 0 Å². The molecule has 32 heavy (non-hydrogen) atoms. The Morgan fingerprint density at radius 2 is 1.62 bits per heavy atom. The van der Waals surface area contributed by atoms with Gasteiger partial charge in [-0.25, -0.2) is 16.8 Å². The summed E-state index contributed by atoms with van der Waals surface area (Å²) in [4.78, 5) is 13.3. The molecule has 1 aromatic heterocycles. The van der Waals surface area contributed by atoms with Gasteiger partial charge in [0.25, 0.3) is 10.0 Å². The molecule has 2 aromatic rings. The fourth-order valence-electron chi connectivity index (χ4n) is 3.68. The predicted molar refractivity (Wildman–Crippen MR) is 121 cm³/mol. The van der Waals surface area contributed by atoms with Gasteiger partial charge in [0.05, 0.1) is 24.5 Å². The highest BCUT2D eigenvalue weighted by Crippen LogP contribution is 2.27. The molecule has 1 amide bonds. The van der Waals surface area contributed by atoms with Gasteiger partial charge in [0.1, 0.15) is 4.21 Å². The number of morpholine rings is 1. The molecule has 2 fully saturated rings. The van der Waals surface area contributed by atoms with Crippen molar-refractivity contribution in [3.8, 4) is 0 Å². The number of nitrogens with one attached hydrogen (secondary N) is 1. The van der Waals surface area contributed by atoms with Gasteiger partial charge in [-0.1, -0.05) is 6.07 Å². The smallest absolute Gasteiger partial charge is 0.252 e. The van der Waals surface area contributed by atoms with Crippen LogP contribution in [-0.2, 0) is 36.0 Å². The van der Waals surface area contributed by atoms with E-state index >= 15 is 0 Å². The summed E-state index contributed by atoms with van der Waals surface area (Å²) in [5.74, 6) is -0.349. The summed E-state index contributed by atoms with van der Waals surface area (Å²) in [6.07, 6.45) is 1.69. The highest BCUT2D eigenvalue weighted by atomic mass is 32.2. The molecule has 0 aliphatic carbocycles. The molecule has 12 heteroatoms. The maximum absolute atomic E-state index is 12.7. The minimum Gasteiger partial charge on any atom is -0.379 e. The molecular weight excluding hydrogens is 474 g/mol. The molecule has 0 saturated carbocycles. The van der Waals surface area contributed by atoms with Crippen LogP contribution in [0.5, 0.6) is 0 Å². The van der Waals surface area contributed by atoms with Crippen molar-refractivity contribution in [3.05, 3.63) is 41.3 Å². The Hall–Kier alpha value is -1.83. The van der Waals surface area contributed by atoms with Crippen LogP contribution in [0.4, 0.5) is 5.69 Å². The zero-order valence-electron chi connectivity index (χ0n) is 17.4. The Balaban J connectivity index is 1.41. The molecular formula is C20H25N3O6S3. The van der Waals surface area contributed by atoms with Gasteiger partial charge in [-0.3, -0.25) is 4.79 Å². The number of amides is 1. The van der Waals surface area contributed by atoms with E-state index in [0.717, 1.165) is 24.2 Å². The Morgan fingerprint density at radius 1 is 0.938 bits per heavy atom. The van der Waals surface area contributed by atoms with E-state index in [2.05, 4.69) is 5.32 Å². The van der Waals surface area contributed by atoms with E-state index in [1.165, 1.54) is 26.8 Å². The lowest BCUT2D eigenvalue weighted by molar-refractivity contribution is -0.115. The van der Waals surface area contributed by atoms with Gasteiger partial charge in [-0.2, -0.15) is 8.61 Å². The molecule has 2 aliphatic rings. The van der Waals surface area contributed by atoms with Gasteiger partial charge in [-0.15, -0.1) is 11.3 Å². The number of carbonyl (C=O) groups is 1. The summed E-state index contributed by atoms with van der Waals surface area (Å²) in [6, 6.07) is 9.34. The Morgan fingerprint density at radius 3 is 2.34 bits per heavy atom. The van der Waals surface area contributed by atoms with E-state index in [1.54, 1.807) is 18.2 Å². The number of thiophene rings is 1. The molecule has 1 aromatic carbocycles. The molecule has 1 N–H and O–H groups in total. The summed E-state index contributed by atoms with van der Waals surface area (Å²) in [5, 5.41) is 2.71. The molecule has 0 radical (unpaired) electrons. The predicted octanol–water partition coefficient (Wildman–Crippen LogP) is 1.73. The van der Waals surface area contributed by atoms with Crippen LogP contribution in [0, 0.1) is 0 Å². The molecule has 0 bridgehead atoms. The number of benzene rings is 1. The first-order valence-corrected chi connectivity index (χ1v) is 14.0. The van der Waals surface area contributed by atoms with Crippen LogP contribution in [0.1, 0.15) is 17.7 Å². The van der Waals surface area contributed by atoms with Gasteiger partial charge >= 0.3 is 0 Å². The van der Waals surface area contributed by atoms with Crippen LogP contribution in [-0.4, -0.2) is 70.7 Å². The average Bonchev–Trinajstić information content (AvgIpc) is 3.47.